The molecule has 3 saturated heterocycles. The lowest BCUT2D eigenvalue weighted by Gasteiger charge is -2.41. The van der Waals surface area contributed by atoms with Gasteiger partial charge in [0.25, 0.3) is 5.91 Å². The van der Waals surface area contributed by atoms with Crippen molar-refractivity contribution in [3.05, 3.63) is 49.6 Å². The molecule has 3 fully saturated rings. The largest absolute Gasteiger partial charge is 0.497 e. The summed E-state index contributed by atoms with van der Waals surface area (Å²) < 4.78 is 4.65. The van der Waals surface area contributed by atoms with Crippen LogP contribution in [0.1, 0.15) is 52.4 Å². The lowest BCUT2D eigenvalue weighted by molar-refractivity contribution is -0.144. The molecule has 0 aromatic heterocycles. The first-order chi connectivity index (χ1) is 20.3. The van der Waals surface area contributed by atoms with Crippen LogP contribution in [0, 0.1) is 17.8 Å². The molecule has 230 valence electrons. The summed E-state index contributed by atoms with van der Waals surface area (Å²) in [5.41, 5.74) is 0.717. The van der Waals surface area contributed by atoms with Crippen molar-refractivity contribution in [1.29, 1.82) is 0 Å². The Balaban J connectivity index is 1.75. The molecule has 2 bridgehead atoms. The third-order valence-corrected chi connectivity index (χ3v) is 11.3. The fraction of sp³-hybridized carbons (Fsp3) is 0.606. The number of aliphatic hydroxyl groups excluding tert-OH is 1. The van der Waals surface area contributed by atoms with Crippen molar-refractivity contribution in [3.63, 3.8) is 0 Å². The van der Waals surface area contributed by atoms with Gasteiger partial charge in [-0.15, -0.1) is 24.9 Å². The average Bonchev–Trinajstić information content (AvgIpc) is 3.58. The summed E-state index contributed by atoms with van der Waals surface area (Å²) >= 11 is 1.71. The lowest BCUT2D eigenvalue weighted by atomic mass is 9.65. The first-order valence-corrected chi connectivity index (χ1v) is 16.2. The van der Waals surface area contributed by atoms with E-state index in [0.29, 0.717) is 37.6 Å². The zero-order chi connectivity index (χ0) is 30.4. The summed E-state index contributed by atoms with van der Waals surface area (Å²) in [5.74, 6) is -0.390. The summed E-state index contributed by atoms with van der Waals surface area (Å²) in [6, 6.07) is 6.69. The molecular formula is C33H47N3O5S. The third-order valence-electron chi connectivity index (χ3n) is 9.19. The van der Waals surface area contributed by atoms with Crippen LogP contribution >= 0.6 is 11.8 Å². The van der Waals surface area contributed by atoms with E-state index in [9.17, 15) is 19.5 Å². The lowest BCUT2D eigenvalue weighted by Crippen LogP contribution is -2.57. The van der Waals surface area contributed by atoms with E-state index < -0.39 is 22.6 Å². The molecule has 3 aliphatic heterocycles. The van der Waals surface area contributed by atoms with Crippen molar-refractivity contribution < 1.29 is 24.2 Å². The maximum absolute atomic E-state index is 14.8. The minimum Gasteiger partial charge on any atom is -0.497 e. The van der Waals surface area contributed by atoms with Gasteiger partial charge in [-0.3, -0.25) is 14.4 Å². The molecule has 8 nitrogen and oxygen atoms in total. The van der Waals surface area contributed by atoms with Gasteiger partial charge in [0.1, 0.15) is 11.8 Å². The number of hydrogen-bond donors (Lipinski definition) is 1. The number of carbonyl (C=O) groups is 3. The van der Waals surface area contributed by atoms with E-state index in [4.69, 9.17) is 4.74 Å². The van der Waals surface area contributed by atoms with Crippen LogP contribution in [0.4, 0.5) is 5.69 Å². The Morgan fingerprint density at radius 2 is 1.81 bits per heavy atom. The van der Waals surface area contributed by atoms with Gasteiger partial charge in [-0.05, 0) is 55.9 Å². The molecule has 42 heavy (non-hydrogen) atoms. The minimum atomic E-state index is -0.684. The number of ether oxygens (including phenoxy) is 1. The second kappa shape index (κ2) is 14.1. The number of nitrogens with zero attached hydrogens (tertiary/aromatic N) is 3. The highest BCUT2D eigenvalue weighted by Gasteiger charge is 2.76. The van der Waals surface area contributed by atoms with Gasteiger partial charge in [0, 0.05) is 43.7 Å². The van der Waals surface area contributed by atoms with Crippen LogP contribution in [0.2, 0.25) is 0 Å². The normalized spacial score (nSPS) is 27.6. The number of anilines is 1. The van der Waals surface area contributed by atoms with E-state index in [0.717, 1.165) is 38.5 Å². The van der Waals surface area contributed by atoms with Gasteiger partial charge in [0.15, 0.2) is 0 Å². The third kappa shape index (κ3) is 5.74. The second-order valence-corrected chi connectivity index (χ2v) is 13.3. The van der Waals surface area contributed by atoms with Crippen LogP contribution in [0.5, 0.6) is 5.75 Å². The van der Waals surface area contributed by atoms with Crippen LogP contribution in [0.15, 0.2) is 49.6 Å². The summed E-state index contributed by atoms with van der Waals surface area (Å²) in [4.78, 5) is 48.7. The molecule has 9 heteroatoms. The number of rotatable bonds is 16. The predicted molar refractivity (Wildman–Crippen MR) is 169 cm³/mol. The first kappa shape index (κ1) is 32.1. The topological polar surface area (TPSA) is 90.4 Å². The van der Waals surface area contributed by atoms with Gasteiger partial charge in [-0.25, -0.2) is 0 Å². The highest BCUT2D eigenvalue weighted by molar-refractivity contribution is 8.02. The van der Waals surface area contributed by atoms with Gasteiger partial charge in [0.05, 0.1) is 23.7 Å². The Morgan fingerprint density at radius 1 is 1.12 bits per heavy atom. The molecule has 0 aliphatic carbocycles. The molecule has 1 N–H and O–H groups in total. The Hall–Kier alpha value is -2.78. The molecular weight excluding hydrogens is 550 g/mol. The van der Waals surface area contributed by atoms with Crippen molar-refractivity contribution in [3.8, 4) is 5.75 Å². The smallest absolute Gasteiger partial charge is 0.251 e. The number of methoxy groups -OCH3 is 1. The SMILES string of the molecule is C=CCN(CCC)C(=O)[C@@H]1[C@@H]2CC(C)C3(S2)C(C(=O)N(CC=C)c2ccc(OC)cc2)N(CCCCCCO)C(=O)[C@H]13. The van der Waals surface area contributed by atoms with E-state index >= 15 is 0 Å². The van der Waals surface area contributed by atoms with Gasteiger partial charge in [-0.2, -0.15) is 0 Å². The summed E-state index contributed by atoms with van der Waals surface area (Å²) in [6.07, 6.45) is 8.25. The molecule has 0 saturated carbocycles. The van der Waals surface area contributed by atoms with Crippen molar-refractivity contribution in [2.24, 2.45) is 17.8 Å². The number of carbonyl (C=O) groups excluding carboxylic acids is 3. The van der Waals surface area contributed by atoms with Crippen LogP contribution in [-0.4, -0.2) is 88.6 Å². The molecule has 6 atom stereocenters. The number of likely N-dealkylation sites (tertiary alicyclic amines) is 1. The number of aliphatic hydroxyl groups is 1. The molecule has 3 aliphatic rings. The fourth-order valence-electron chi connectivity index (χ4n) is 7.36. The van der Waals surface area contributed by atoms with Crippen LogP contribution in [0.3, 0.4) is 0 Å². The van der Waals surface area contributed by atoms with Crippen molar-refractivity contribution >= 4 is 35.2 Å². The first-order valence-electron chi connectivity index (χ1n) is 15.4. The van der Waals surface area contributed by atoms with Gasteiger partial charge < -0.3 is 24.5 Å². The van der Waals surface area contributed by atoms with Gasteiger partial charge >= 0.3 is 0 Å². The molecule has 1 aromatic carbocycles. The number of hydrogen-bond acceptors (Lipinski definition) is 6. The fourth-order valence-corrected chi connectivity index (χ4v) is 9.77. The van der Waals surface area contributed by atoms with Crippen LogP contribution in [0.25, 0.3) is 0 Å². The molecule has 4 rings (SSSR count). The van der Waals surface area contributed by atoms with E-state index in [1.165, 1.54) is 0 Å². The van der Waals surface area contributed by atoms with E-state index in [-0.39, 0.29) is 35.5 Å². The maximum atomic E-state index is 14.8. The van der Waals surface area contributed by atoms with Crippen LogP contribution in [-0.2, 0) is 14.4 Å². The molecule has 1 aromatic rings. The maximum Gasteiger partial charge on any atom is 0.251 e. The van der Waals surface area contributed by atoms with Crippen molar-refractivity contribution in [1.82, 2.24) is 9.80 Å². The van der Waals surface area contributed by atoms with Crippen molar-refractivity contribution in [2.45, 2.75) is 68.4 Å². The standard InChI is InChI=1S/C33H47N3O5S/c1-6-17-34(18-7-2)30(38)27-26-22-23(4)33(42-26)28(27)31(39)36(20-11-9-10-12-21-37)29(33)32(40)35(19-8-3)24-13-15-25(41-5)16-14-24/h6,8,13-16,23,26-29,37H,1,3,7,9-12,17-22H2,2,4-5H3/t23?,26-,27+,28-,29?,33?/m0/s1. The predicted octanol–water partition coefficient (Wildman–Crippen LogP) is 4.53. The number of unbranched alkanes of at least 4 members (excludes halogenated alkanes) is 3. The van der Waals surface area contributed by atoms with E-state index in [1.54, 1.807) is 40.8 Å². The molecule has 3 unspecified atom stereocenters. The molecule has 3 heterocycles. The molecule has 0 radical (unpaired) electrons. The van der Waals surface area contributed by atoms with Gasteiger partial charge in [-0.1, -0.05) is 38.8 Å². The number of benzene rings is 1. The van der Waals surface area contributed by atoms with Crippen LogP contribution < -0.4 is 9.64 Å². The zero-order valence-electron chi connectivity index (χ0n) is 25.4. The molecule has 1 spiro atoms. The van der Waals surface area contributed by atoms with E-state index in [2.05, 4.69) is 20.1 Å². The van der Waals surface area contributed by atoms with Gasteiger partial charge in [0.2, 0.25) is 11.8 Å². The van der Waals surface area contributed by atoms with E-state index in [1.807, 2.05) is 36.1 Å². The second-order valence-electron chi connectivity index (χ2n) is 11.7. The Kier molecular flexibility index (Phi) is 10.8. The number of thioether (sulfide) groups is 1. The monoisotopic (exact) mass is 597 g/mol. The summed E-state index contributed by atoms with van der Waals surface area (Å²) in [7, 11) is 1.60. The Bertz CT molecular complexity index is 1140. The Morgan fingerprint density at radius 3 is 2.43 bits per heavy atom. The van der Waals surface area contributed by atoms with Crippen molar-refractivity contribution in [2.75, 3.05) is 44.8 Å². The summed E-state index contributed by atoms with van der Waals surface area (Å²) in [6.45, 7) is 13.9. The number of fused-ring (bicyclic) bond motifs is 1. The Labute approximate surface area is 255 Å². The number of amides is 3. The highest BCUT2D eigenvalue weighted by Crippen LogP contribution is 2.69. The highest BCUT2D eigenvalue weighted by atomic mass is 32.2. The summed E-state index contributed by atoms with van der Waals surface area (Å²) in [5, 5.41) is 9.22. The zero-order valence-corrected chi connectivity index (χ0v) is 26.2. The molecule has 3 amide bonds. The average molecular weight is 598 g/mol. The quantitative estimate of drug-likeness (QED) is 0.223. The minimum absolute atomic E-state index is 0.00136.